The molecule has 0 heterocycles. The zero-order valence-electron chi connectivity index (χ0n) is 19.0. The minimum Gasteiger partial charge on any atom is -0.462 e. The third kappa shape index (κ3) is 9.55. The summed E-state index contributed by atoms with van der Waals surface area (Å²) in [7, 11) is 0. The summed E-state index contributed by atoms with van der Waals surface area (Å²) in [5.74, 6) is -1.94. The molecule has 0 aliphatic rings. The predicted molar refractivity (Wildman–Crippen MR) is 123 cm³/mol. The number of nitrogens with one attached hydrogen (secondary N) is 2. The molecule has 176 valence electrons. The van der Waals surface area contributed by atoms with Gasteiger partial charge in [0.15, 0.2) is 6.61 Å². The van der Waals surface area contributed by atoms with Gasteiger partial charge in [0.1, 0.15) is 0 Å². The van der Waals surface area contributed by atoms with Crippen molar-refractivity contribution in [1.29, 1.82) is 0 Å². The van der Waals surface area contributed by atoms with E-state index in [4.69, 9.17) is 9.47 Å². The van der Waals surface area contributed by atoms with Gasteiger partial charge in [0, 0.05) is 12.1 Å². The molecule has 0 saturated heterocycles. The van der Waals surface area contributed by atoms with Gasteiger partial charge in [0.05, 0.1) is 24.6 Å². The third-order valence-electron chi connectivity index (χ3n) is 4.71. The Kier molecular flexibility index (Phi) is 10.6. The Labute approximate surface area is 193 Å². The van der Waals surface area contributed by atoms with Crippen LogP contribution in [0.25, 0.3) is 0 Å². The summed E-state index contributed by atoms with van der Waals surface area (Å²) in [6.07, 6.45) is 1.41. The average molecular weight is 455 g/mol. The number of carbonyl (C=O) groups excluding carboxylic acids is 4. The second-order valence-electron chi connectivity index (χ2n) is 7.48. The van der Waals surface area contributed by atoms with Crippen molar-refractivity contribution in [2.75, 3.05) is 18.5 Å². The van der Waals surface area contributed by atoms with Gasteiger partial charge in [-0.3, -0.25) is 14.4 Å². The molecule has 2 N–H and O–H groups in total. The molecule has 2 rings (SSSR count). The molecule has 2 aromatic carbocycles. The lowest BCUT2D eigenvalue weighted by Gasteiger charge is -2.14. The molecule has 0 saturated carbocycles. The zero-order chi connectivity index (χ0) is 24.1. The van der Waals surface area contributed by atoms with E-state index in [0.29, 0.717) is 17.9 Å². The first kappa shape index (κ1) is 25.6. The highest BCUT2D eigenvalue weighted by Gasteiger charge is 2.14. The number of rotatable bonds is 12. The molecule has 0 aliphatic carbocycles. The third-order valence-corrected chi connectivity index (χ3v) is 4.71. The van der Waals surface area contributed by atoms with Crippen LogP contribution in [0.3, 0.4) is 0 Å². The van der Waals surface area contributed by atoms with Crippen LogP contribution in [-0.4, -0.2) is 37.0 Å². The average Bonchev–Trinajstić information content (AvgIpc) is 2.82. The fraction of sp³-hybridized carbons (Fsp3) is 0.360. The van der Waals surface area contributed by atoms with E-state index in [1.807, 2.05) is 44.2 Å². The van der Waals surface area contributed by atoms with Gasteiger partial charge >= 0.3 is 11.9 Å². The van der Waals surface area contributed by atoms with Gasteiger partial charge < -0.3 is 20.1 Å². The number of hydrogen-bond donors (Lipinski definition) is 2. The Bertz CT molecular complexity index is 945. The maximum absolute atomic E-state index is 12.1. The van der Waals surface area contributed by atoms with Crippen molar-refractivity contribution in [1.82, 2.24) is 5.32 Å². The fourth-order valence-corrected chi connectivity index (χ4v) is 2.88. The van der Waals surface area contributed by atoms with Crippen molar-refractivity contribution in [2.24, 2.45) is 0 Å². The summed E-state index contributed by atoms with van der Waals surface area (Å²) in [5.41, 5.74) is 1.69. The molecular weight excluding hydrogens is 424 g/mol. The van der Waals surface area contributed by atoms with E-state index >= 15 is 0 Å². The highest BCUT2D eigenvalue weighted by atomic mass is 16.5. The van der Waals surface area contributed by atoms with E-state index in [1.54, 1.807) is 18.2 Å². The summed E-state index contributed by atoms with van der Waals surface area (Å²) in [5, 5.41) is 5.38. The van der Waals surface area contributed by atoms with Gasteiger partial charge in [-0.05, 0) is 37.1 Å². The minimum atomic E-state index is -0.652. The van der Waals surface area contributed by atoms with E-state index in [-0.39, 0.29) is 18.9 Å². The Hall–Kier alpha value is -3.68. The van der Waals surface area contributed by atoms with Crippen molar-refractivity contribution in [2.45, 2.75) is 45.6 Å². The Morgan fingerprint density at radius 1 is 0.909 bits per heavy atom. The maximum atomic E-state index is 12.1. The molecule has 2 aromatic rings. The molecule has 0 radical (unpaired) electrons. The van der Waals surface area contributed by atoms with Gasteiger partial charge in [-0.25, -0.2) is 4.79 Å². The van der Waals surface area contributed by atoms with Gasteiger partial charge in [-0.1, -0.05) is 49.7 Å². The molecule has 2 amide bonds. The number of anilines is 1. The van der Waals surface area contributed by atoms with Crippen LogP contribution in [0.1, 0.15) is 61.5 Å². The normalized spacial score (nSPS) is 11.2. The number of hydrogen-bond acceptors (Lipinski definition) is 6. The van der Waals surface area contributed by atoms with E-state index in [2.05, 4.69) is 10.6 Å². The molecule has 0 bridgehead atoms. The van der Waals surface area contributed by atoms with Crippen LogP contribution in [0, 0.1) is 0 Å². The number of benzene rings is 2. The largest absolute Gasteiger partial charge is 0.462 e. The lowest BCUT2D eigenvalue weighted by molar-refractivity contribution is -0.149. The summed E-state index contributed by atoms with van der Waals surface area (Å²) in [6.45, 7) is 3.76. The lowest BCUT2D eigenvalue weighted by Crippen LogP contribution is -2.31. The number of ether oxygens (including phenoxy) is 2. The summed E-state index contributed by atoms with van der Waals surface area (Å²) < 4.78 is 10.1. The number of amides is 2. The van der Waals surface area contributed by atoms with Crippen LogP contribution in [0.4, 0.5) is 5.69 Å². The highest BCUT2D eigenvalue weighted by molar-refractivity contribution is 5.95. The first-order valence-corrected chi connectivity index (χ1v) is 11.0. The quantitative estimate of drug-likeness (QED) is 0.373. The topological polar surface area (TPSA) is 111 Å². The predicted octanol–water partition coefficient (Wildman–Crippen LogP) is 3.78. The number of unbranched alkanes of at least 4 members (excludes halogenated alkanes) is 1. The van der Waals surface area contributed by atoms with Gasteiger partial charge in [-0.15, -0.1) is 0 Å². The number of carbonyl (C=O) groups is 4. The van der Waals surface area contributed by atoms with Gasteiger partial charge in [0.2, 0.25) is 5.91 Å². The van der Waals surface area contributed by atoms with Crippen LogP contribution in [0.2, 0.25) is 0 Å². The van der Waals surface area contributed by atoms with Crippen molar-refractivity contribution in [3.05, 3.63) is 65.7 Å². The van der Waals surface area contributed by atoms with E-state index in [0.717, 1.165) is 18.4 Å². The molecule has 0 aromatic heterocycles. The van der Waals surface area contributed by atoms with E-state index in [1.165, 1.54) is 6.07 Å². The summed E-state index contributed by atoms with van der Waals surface area (Å²) >= 11 is 0. The second-order valence-corrected chi connectivity index (χ2v) is 7.48. The highest BCUT2D eigenvalue weighted by Crippen LogP contribution is 2.13. The Morgan fingerprint density at radius 2 is 1.67 bits per heavy atom. The van der Waals surface area contributed by atoms with E-state index in [9.17, 15) is 19.2 Å². The summed E-state index contributed by atoms with van der Waals surface area (Å²) in [4.78, 5) is 48.0. The summed E-state index contributed by atoms with van der Waals surface area (Å²) in [6, 6.07) is 15.6. The van der Waals surface area contributed by atoms with Crippen LogP contribution in [-0.2, 0) is 23.9 Å². The monoisotopic (exact) mass is 454 g/mol. The standard InChI is InChI=1S/C25H30N2O6/c1-3-4-15-32-25(31)20-11-8-12-21(16-20)27-22(28)13-14-24(30)33-17-23(29)26-18(2)19-9-6-5-7-10-19/h5-12,16,18H,3-4,13-15,17H2,1-2H3,(H,26,29)(H,27,28)/t18-/m0/s1. The second kappa shape index (κ2) is 13.7. The first-order valence-electron chi connectivity index (χ1n) is 11.0. The van der Waals surface area contributed by atoms with Crippen molar-refractivity contribution < 1.29 is 28.7 Å². The van der Waals surface area contributed by atoms with Gasteiger partial charge in [-0.2, -0.15) is 0 Å². The molecule has 8 nitrogen and oxygen atoms in total. The van der Waals surface area contributed by atoms with Crippen molar-refractivity contribution in [3.8, 4) is 0 Å². The van der Waals surface area contributed by atoms with Crippen LogP contribution in [0.15, 0.2) is 54.6 Å². The SMILES string of the molecule is CCCCOC(=O)c1cccc(NC(=O)CCC(=O)OCC(=O)N[C@@H](C)c2ccccc2)c1. The Balaban J connectivity index is 1.70. The number of esters is 2. The Morgan fingerprint density at radius 3 is 2.39 bits per heavy atom. The molecule has 0 spiro atoms. The van der Waals surface area contributed by atoms with Gasteiger partial charge in [0.25, 0.3) is 5.91 Å². The first-order chi connectivity index (χ1) is 15.9. The minimum absolute atomic E-state index is 0.119. The lowest BCUT2D eigenvalue weighted by atomic mass is 10.1. The molecular formula is C25H30N2O6. The molecule has 8 heteroatoms. The zero-order valence-corrected chi connectivity index (χ0v) is 19.0. The molecule has 0 aliphatic heterocycles. The van der Waals surface area contributed by atoms with Crippen LogP contribution in [0.5, 0.6) is 0 Å². The van der Waals surface area contributed by atoms with Crippen molar-refractivity contribution in [3.63, 3.8) is 0 Å². The van der Waals surface area contributed by atoms with Crippen LogP contribution >= 0.6 is 0 Å². The maximum Gasteiger partial charge on any atom is 0.338 e. The molecule has 1 atom stereocenters. The van der Waals surface area contributed by atoms with E-state index < -0.39 is 30.4 Å². The van der Waals surface area contributed by atoms with Crippen LogP contribution < -0.4 is 10.6 Å². The molecule has 0 fully saturated rings. The fourth-order valence-electron chi connectivity index (χ4n) is 2.88. The molecule has 0 unspecified atom stereocenters. The molecule has 33 heavy (non-hydrogen) atoms. The van der Waals surface area contributed by atoms with Crippen molar-refractivity contribution >= 4 is 29.4 Å². The smallest absolute Gasteiger partial charge is 0.338 e.